The van der Waals surface area contributed by atoms with Crippen molar-refractivity contribution in [2.24, 2.45) is 0 Å². The fraction of sp³-hybridized carbons (Fsp3) is 0.438. The predicted molar refractivity (Wildman–Crippen MR) is 88.6 cm³/mol. The van der Waals surface area contributed by atoms with E-state index in [0.717, 1.165) is 48.1 Å². The topological polar surface area (TPSA) is 75.5 Å². The van der Waals surface area contributed by atoms with Crippen molar-refractivity contribution in [2.45, 2.75) is 23.7 Å². The maximum absolute atomic E-state index is 11.2. The van der Waals surface area contributed by atoms with Gasteiger partial charge in [-0.25, -0.2) is 9.97 Å². The molecule has 0 spiro atoms. The lowest BCUT2D eigenvalue weighted by Crippen LogP contribution is -2.36. The quantitative estimate of drug-likeness (QED) is 0.663. The average molecular weight is 333 g/mol. The Morgan fingerprint density at radius 3 is 2.83 bits per heavy atom. The van der Waals surface area contributed by atoms with E-state index in [9.17, 15) is 4.79 Å². The summed E-state index contributed by atoms with van der Waals surface area (Å²) in [4.78, 5) is 22.7. The average Bonchev–Trinajstić information content (AvgIpc) is 2.55. The molecule has 1 unspecified atom stereocenters. The van der Waals surface area contributed by atoms with E-state index in [2.05, 4.69) is 14.9 Å². The number of fused-ring (bicyclic) bond motifs is 1. The first-order valence-electron chi connectivity index (χ1n) is 7.58. The zero-order chi connectivity index (χ0) is 16.2. The van der Waals surface area contributed by atoms with Crippen molar-refractivity contribution in [1.29, 1.82) is 0 Å². The van der Waals surface area contributed by atoms with Crippen LogP contribution < -0.4 is 0 Å². The Kier molecular flexibility index (Phi) is 5.09. The van der Waals surface area contributed by atoms with Crippen molar-refractivity contribution in [3.63, 3.8) is 0 Å². The normalized spacial score (nSPS) is 17.3. The second-order valence-electron chi connectivity index (χ2n) is 5.45. The molecule has 2 heterocycles. The fourth-order valence-electron chi connectivity index (χ4n) is 2.43. The Bertz CT molecular complexity index is 704. The van der Waals surface area contributed by atoms with Crippen LogP contribution in [-0.4, -0.2) is 57.5 Å². The molecule has 0 bridgehead atoms. The predicted octanol–water partition coefficient (Wildman–Crippen LogP) is 2.03. The lowest BCUT2D eigenvalue weighted by atomic mass is 10.2. The van der Waals surface area contributed by atoms with Crippen molar-refractivity contribution in [3.8, 4) is 0 Å². The number of carbonyl (C=O) groups is 1. The highest BCUT2D eigenvalue weighted by atomic mass is 32.2. The Balaban J connectivity index is 1.90. The second-order valence-corrected chi connectivity index (χ2v) is 6.78. The summed E-state index contributed by atoms with van der Waals surface area (Å²) in [6.07, 6.45) is 0. The van der Waals surface area contributed by atoms with Crippen LogP contribution in [0.15, 0.2) is 29.3 Å². The smallest absolute Gasteiger partial charge is 0.316 e. The molecule has 23 heavy (non-hydrogen) atoms. The number of carboxylic acid groups (broad SMARTS) is 1. The lowest BCUT2D eigenvalue weighted by Gasteiger charge is -2.26. The van der Waals surface area contributed by atoms with Gasteiger partial charge in [0.1, 0.15) is 16.1 Å². The van der Waals surface area contributed by atoms with Crippen LogP contribution in [0.4, 0.5) is 0 Å². The van der Waals surface area contributed by atoms with Gasteiger partial charge in [0.25, 0.3) is 0 Å². The van der Waals surface area contributed by atoms with Gasteiger partial charge in [0.15, 0.2) is 0 Å². The molecule has 122 valence electrons. The molecule has 0 saturated carbocycles. The third-order valence-electron chi connectivity index (χ3n) is 3.72. The van der Waals surface area contributed by atoms with Crippen LogP contribution in [0.1, 0.15) is 12.7 Å². The Morgan fingerprint density at radius 1 is 1.35 bits per heavy atom. The van der Waals surface area contributed by atoms with Crippen LogP contribution in [0.2, 0.25) is 0 Å². The number of aromatic nitrogens is 2. The molecule has 1 fully saturated rings. The first kappa shape index (κ1) is 16.2. The van der Waals surface area contributed by atoms with E-state index in [0.29, 0.717) is 6.54 Å². The van der Waals surface area contributed by atoms with Crippen molar-refractivity contribution < 1.29 is 14.6 Å². The molecule has 6 nitrogen and oxygen atoms in total. The van der Waals surface area contributed by atoms with Gasteiger partial charge in [0.05, 0.1) is 25.3 Å². The SMILES string of the molecule is CC(Sc1nc(CN2CCOCC2)nc2ccccc12)C(=O)O. The zero-order valence-corrected chi connectivity index (χ0v) is 13.8. The number of aliphatic carboxylic acids is 1. The molecule has 7 heteroatoms. The van der Waals surface area contributed by atoms with E-state index in [4.69, 9.17) is 9.84 Å². The van der Waals surface area contributed by atoms with Crippen LogP contribution in [0.25, 0.3) is 10.9 Å². The molecule has 1 aliphatic heterocycles. The number of rotatable bonds is 5. The second kappa shape index (κ2) is 7.25. The molecule has 1 saturated heterocycles. The molecule has 3 rings (SSSR count). The summed E-state index contributed by atoms with van der Waals surface area (Å²) in [5.74, 6) is -0.113. The maximum Gasteiger partial charge on any atom is 0.316 e. The third kappa shape index (κ3) is 3.99. The number of morpholine rings is 1. The molecule has 0 radical (unpaired) electrons. The summed E-state index contributed by atoms with van der Waals surface area (Å²) < 4.78 is 5.36. The number of para-hydroxylation sites is 1. The van der Waals surface area contributed by atoms with Crippen LogP contribution in [0.3, 0.4) is 0 Å². The summed E-state index contributed by atoms with van der Waals surface area (Å²) in [6, 6.07) is 7.73. The Labute approximate surface area is 138 Å². The minimum Gasteiger partial charge on any atom is -0.480 e. The van der Waals surface area contributed by atoms with Gasteiger partial charge in [-0.15, -0.1) is 0 Å². The molecule has 2 aromatic rings. The molecule has 1 aliphatic rings. The van der Waals surface area contributed by atoms with E-state index in [1.165, 1.54) is 11.8 Å². The first-order chi connectivity index (χ1) is 11.1. The molecule has 1 N–H and O–H groups in total. The number of thioether (sulfide) groups is 1. The van der Waals surface area contributed by atoms with E-state index >= 15 is 0 Å². The van der Waals surface area contributed by atoms with E-state index in [-0.39, 0.29) is 0 Å². The summed E-state index contributed by atoms with van der Waals surface area (Å²) >= 11 is 1.26. The van der Waals surface area contributed by atoms with Crippen molar-refractivity contribution in [3.05, 3.63) is 30.1 Å². The van der Waals surface area contributed by atoms with Gasteiger partial charge in [0.2, 0.25) is 0 Å². The highest BCUT2D eigenvalue weighted by Crippen LogP contribution is 2.28. The standard InChI is InChI=1S/C16H19N3O3S/c1-11(16(20)21)23-15-12-4-2-3-5-13(12)17-14(18-15)10-19-6-8-22-9-7-19/h2-5,11H,6-10H2,1H3,(H,20,21). The third-order valence-corrected chi connectivity index (χ3v) is 4.81. The number of carboxylic acids is 1. The Morgan fingerprint density at radius 2 is 2.09 bits per heavy atom. The van der Waals surface area contributed by atoms with Crippen molar-refractivity contribution in [1.82, 2.24) is 14.9 Å². The van der Waals surface area contributed by atoms with Crippen LogP contribution >= 0.6 is 11.8 Å². The number of benzene rings is 1. The van der Waals surface area contributed by atoms with Gasteiger partial charge in [-0.05, 0) is 13.0 Å². The summed E-state index contributed by atoms with van der Waals surface area (Å²) in [5, 5.41) is 10.2. The van der Waals surface area contributed by atoms with Gasteiger partial charge in [-0.3, -0.25) is 9.69 Å². The van der Waals surface area contributed by atoms with Crippen molar-refractivity contribution >= 4 is 28.6 Å². The minimum absolute atomic E-state index is 0.551. The molecule has 0 aliphatic carbocycles. The molecular formula is C16H19N3O3S. The number of hydrogen-bond acceptors (Lipinski definition) is 6. The molecule has 1 atom stereocenters. The number of hydrogen-bond donors (Lipinski definition) is 1. The monoisotopic (exact) mass is 333 g/mol. The largest absolute Gasteiger partial charge is 0.480 e. The molecule has 1 aromatic carbocycles. The first-order valence-corrected chi connectivity index (χ1v) is 8.46. The summed E-state index contributed by atoms with van der Waals surface area (Å²) in [6.45, 7) is 5.51. The van der Waals surface area contributed by atoms with E-state index < -0.39 is 11.2 Å². The van der Waals surface area contributed by atoms with Gasteiger partial charge < -0.3 is 9.84 Å². The summed E-state index contributed by atoms with van der Waals surface area (Å²) in [7, 11) is 0. The van der Waals surface area contributed by atoms with E-state index in [1.54, 1.807) is 6.92 Å². The highest BCUT2D eigenvalue weighted by Gasteiger charge is 2.18. The van der Waals surface area contributed by atoms with Crippen LogP contribution in [0.5, 0.6) is 0 Å². The number of ether oxygens (including phenoxy) is 1. The zero-order valence-electron chi connectivity index (χ0n) is 12.9. The van der Waals surface area contributed by atoms with Crippen LogP contribution in [0, 0.1) is 0 Å². The van der Waals surface area contributed by atoms with Gasteiger partial charge in [0, 0.05) is 18.5 Å². The maximum atomic E-state index is 11.2. The highest BCUT2D eigenvalue weighted by molar-refractivity contribution is 8.00. The molecule has 1 aromatic heterocycles. The molecule has 0 amide bonds. The van der Waals surface area contributed by atoms with Gasteiger partial charge in [-0.1, -0.05) is 30.0 Å². The van der Waals surface area contributed by atoms with Gasteiger partial charge >= 0.3 is 5.97 Å². The fourth-order valence-corrected chi connectivity index (χ4v) is 3.32. The Hall–Kier alpha value is -1.70. The van der Waals surface area contributed by atoms with Crippen LogP contribution in [-0.2, 0) is 16.1 Å². The molecular weight excluding hydrogens is 314 g/mol. The minimum atomic E-state index is -0.840. The number of nitrogens with zero attached hydrogens (tertiary/aromatic N) is 3. The van der Waals surface area contributed by atoms with Gasteiger partial charge in [-0.2, -0.15) is 0 Å². The van der Waals surface area contributed by atoms with Crippen molar-refractivity contribution in [2.75, 3.05) is 26.3 Å². The summed E-state index contributed by atoms with van der Waals surface area (Å²) in [5.41, 5.74) is 0.853. The van der Waals surface area contributed by atoms with E-state index in [1.807, 2.05) is 24.3 Å². The lowest BCUT2D eigenvalue weighted by molar-refractivity contribution is -0.136.